The number of hydrogen-bond donors (Lipinski definition) is 2. The maximum atomic E-state index is 5.52. The van der Waals surface area contributed by atoms with Gasteiger partial charge in [0.05, 0.1) is 0 Å². The molecule has 4 unspecified atom stereocenters. The number of rotatable bonds is 8. The van der Waals surface area contributed by atoms with Crippen LogP contribution in [0.4, 0.5) is 11.4 Å². The highest BCUT2D eigenvalue weighted by atomic mass is 32.1. The Kier molecular flexibility index (Phi) is 7.32. The molecule has 154 valence electrons. The number of nitrogens with zero attached hydrogens (tertiary/aromatic N) is 3. The van der Waals surface area contributed by atoms with E-state index in [1.54, 1.807) is 0 Å². The topological polar surface area (TPSA) is 33.8 Å². The number of thiocarbonyl (C=S) groups is 1. The van der Waals surface area contributed by atoms with Crippen LogP contribution in [0.2, 0.25) is 0 Å². The number of likely N-dealkylation sites (N-methyl/N-ethyl adjacent to an activating group) is 1. The predicted molar refractivity (Wildman–Crippen MR) is 124 cm³/mol. The number of benzene rings is 1. The molecule has 2 bridgehead atoms. The number of fused-ring (bicyclic) bond motifs is 3. The first-order chi connectivity index (χ1) is 13.5. The molecule has 3 heterocycles. The second-order valence-corrected chi connectivity index (χ2v) is 8.89. The summed E-state index contributed by atoms with van der Waals surface area (Å²) in [6.45, 7) is 9.37. The van der Waals surface area contributed by atoms with Crippen LogP contribution in [-0.4, -0.2) is 74.8 Å². The lowest BCUT2D eigenvalue weighted by molar-refractivity contribution is -0.00663. The van der Waals surface area contributed by atoms with E-state index in [0.717, 1.165) is 30.6 Å². The monoisotopic (exact) mass is 401 g/mol. The highest BCUT2D eigenvalue weighted by Crippen LogP contribution is 2.36. The van der Waals surface area contributed by atoms with Crippen LogP contribution in [0, 0.1) is 11.8 Å². The second kappa shape index (κ2) is 9.72. The molecule has 2 N–H and O–H groups in total. The van der Waals surface area contributed by atoms with E-state index in [1.165, 1.54) is 38.2 Å². The summed E-state index contributed by atoms with van der Waals surface area (Å²) in [5.74, 6) is 1.62. The summed E-state index contributed by atoms with van der Waals surface area (Å²) in [5, 5.41) is 7.46. The van der Waals surface area contributed by atoms with Gasteiger partial charge in [-0.1, -0.05) is 6.08 Å². The lowest BCUT2D eigenvalue weighted by Crippen LogP contribution is -2.58. The van der Waals surface area contributed by atoms with Gasteiger partial charge in [-0.2, -0.15) is 0 Å². The zero-order valence-corrected chi connectivity index (χ0v) is 18.3. The van der Waals surface area contributed by atoms with Crippen LogP contribution in [0.15, 0.2) is 36.9 Å². The molecule has 1 aromatic rings. The maximum Gasteiger partial charge on any atom is 0.170 e. The van der Waals surface area contributed by atoms with Gasteiger partial charge in [-0.3, -0.25) is 4.90 Å². The minimum atomic E-state index is 0.593. The van der Waals surface area contributed by atoms with Gasteiger partial charge >= 0.3 is 0 Å². The van der Waals surface area contributed by atoms with Crippen molar-refractivity contribution in [2.45, 2.75) is 18.9 Å². The van der Waals surface area contributed by atoms with Gasteiger partial charge in [0.2, 0.25) is 0 Å². The van der Waals surface area contributed by atoms with E-state index in [9.17, 15) is 0 Å². The molecule has 4 atom stereocenters. The highest BCUT2D eigenvalue weighted by Gasteiger charge is 2.40. The number of hydrogen-bond acceptors (Lipinski definition) is 4. The lowest BCUT2D eigenvalue weighted by Gasteiger charge is -2.50. The molecule has 0 radical (unpaired) electrons. The molecule has 5 nitrogen and oxygen atoms in total. The van der Waals surface area contributed by atoms with Crippen LogP contribution < -0.4 is 15.5 Å². The Balaban J connectivity index is 1.44. The molecule has 1 aromatic carbocycles. The Bertz CT molecular complexity index is 659. The molecule has 0 saturated carbocycles. The van der Waals surface area contributed by atoms with Crippen molar-refractivity contribution in [3.05, 3.63) is 36.9 Å². The Morgan fingerprint density at radius 3 is 2.64 bits per heavy atom. The third kappa shape index (κ3) is 5.46. The molecule has 3 aliphatic heterocycles. The first kappa shape index (κ1) is 21.1. The van der Waals surface area contributed by atoms with Gasteiger partial charge in [0.15, 0.2) is 5.11 Å². The Morgan fingerprint density at radius 1 is 1.29 bits per heavy atom. The molecule has 0 amide bonds. The average Bonchev–Trinajstić information content (AvgIpc) is 2.68. The van der Waals surface area contributed by atoms with Gasteiger partial charge in [0.1, 0.15) is 0 Å². The van der Waals surface area contributed by atoms with E-state index in [-0.39, 0.29) is 0 Å². The minimum Gasteiger partial charge on any atom is -0.378 e. The zero-order valence-electron chi connectivity index (χ0n) is 17.5. The van der Waals surface area contributed by atoms with Crippen LogP contribution >= 0.6 is 12.2 Å². The zero-order chi connectivity index (χ0) is 20.1. The van der Waals surface area contributed by atoms with Crippen molar-refractivity contribution in [3.63, 3.8) is 0 Å². The Morgan fingerprint density at radius 2 is 2.04 bits per heavy atom. The van der Waals surface area contributed by atoms with Crippen molar-refractivity contribution in [2.24, 2.45) is 11.8 Å². The quantitative estimate of drug-likeness (QED) is 0.515. The van der Waals surface area contributed by atoms with Crippen LogP contribution in [0.3, 0.4) is 0 Å². The summed E-state index contributed by atoms with van der Waals surface area (Å²) in [6.07, 6.45) is 4.61. The number of anilines is 2. The fraction of sp³-hybridized carbons (Fsp3) is 0.591. The van der Waals surface area contributed by atoms with Crippen LogP contribution in [0.1, 0.15) is 12.8 Å². The van der Waals surface area contributed by atoms with E-state index in [2.05, 4.69) is 63.2 Å². The van der Waals surface area contributed by atoms with Crippen LogP contribution in [0.25, 0.3) is 0 Å². The summed E-state index contributed by atoms with van der Waals surface area (Å²) in [4.78, 5) is 7.15. The molecule has 6 heteroatoms. The van der Waals surface area contributed by atoms with Crippen molar-refractivity contribution < 1.29 is 0 Å². The molecule has 0 aromatic heterocycles. The molecule has 0 spiro atoms. The van der Waals surface area contributed by atoms with Crippen molar-refractivity contribution in [3.8, 4) is 0 Å². The van der Waals surface area contributed by atoms with Gasteiger partial charge in [0.25, 0.3) is 0 Å². The molecule has 3 saturated heterocycles. The van der Waals surface area contributed by atoms with E-state index in [1.807, 2.05) is 20.2 Å². The molecule has 4 rings (SSSR count). The van der Waals surface area contributed by atoms with Crippen molar-refractivity contribution >= 4 is 28.7 Å². The van der Waals surface area contributed by atoms with Crippen molar-refractivity contribution in [1.82, 2.24) is 15.1 Å². The first-order valence-corrected chi connectivity index (χ1v) is 10.7. The molecule has 3 fully saturated rings. The van der Waals surface area contributed by atoms with E-state index in [4.69, 9.17) is 12.2 Å². The van der Waals surface area contributed by atoms with E-state index >= 15 is 0 Å². The Hall–Kier alpha value is -1.63. The molecule has 28 heavy (non-hydrogen) atoms. The summed E-state index contributed by atoms with van der Waals surface area (Å²) >= 11 is 5.52. The molecular weight excluding hydrogens is 366 g/mol. The van der Waals surface area contributed by atoms with E-state index < -0.39 is 0 Å². The summed E-state index contributed by atoms with van der Waals surface area (Å²) in [7, 11) is 6.29. The van der Waals surface area contributed by atoms with Crippen molar-refractivity contribution in [1.29, 1.82) is 0 Å². The third-order valence-corrected chi connectivity index (χ3v) is 6.39. The number of piperidine rings is 3. The molecule has 3 aliphatic rings. The summed E-state index contributed by atoms with van der Waals surface area (Å²) < 4.78 is 0. The molecular formula is C22H35N5S. The van der Waals surface area contributed by atoms with Crippen molar-refractivity contribution in [2.75, 3.05) is 64.1 Å². The predicted octanol–water partition coefficient (Wildman–Crippen LogP) is 2.87. The Labute approximate surface area is 175 Å². The lowest BCUT2D eigenvalue weighted by atomic mass is 9.75. The fourth-order valence-electron chi connectivity index (χ4n) is 4.59. The smallest absolute Gasteiger partial charge is 0.170 e. The summed E-state index contributed by atoms with van der Waals surface area (Å²) in [5.41, 5.74) is 2.21. The normalized spacial score (nSPS) is 26.1. The van der Waals surface area contributed by atoms with Gasteiger partial charge < -0.3 is 20.4 Å². The molecule has 0 aliphatic carbocycles. The van der Waals surface area contributed by atoms with Gasteiger partial charge in [-0.05, 0) is 74.8 Å². The number of nitrogens with one attached hydrogen (secondary N) is 2. The van der Waals surface area contributed by atoms with Crippen LogP contribution in [0.5, 0.6) is 0 Å². The fourth-order valence-corrected chi connectivity index (χ4v) is 4.79. The van der Waals surface area contributed by atoms with Gasteiger partial charge in [-0.25, -0.2) is 0 Å². The highest BCUT2D eigenvalue weighted by molar-refractivity contribution is 7.80. The largest absolute Gasteiger partial charge is 0.378 e. The average molecular weight is 402 g/mol. The minimum absolute atomic E-state index is 0.593. The second-order valence-electron chi connectivity index (χ2n) is 8.48. The van der Waals surface area contributed by atoms with Gasteiger partial charge in [-0.15, -0.1) is 6.58 Å². The SMILES string of the molecule is C=CCN(C)CC1CN2CCC1CC2CNC(=S)Nc1ccc(N(C)C)cc1. The maximum absolute atomic E-state index is 5.52. The standard InChI is InChI=1S/C22H35N5S/c1-5-11-26(4)15-18-16-27-12-10-17(18)13-21(27)14-23-22(28)24-19-6-8-20(9-7-19)25(2)3/h5-9,17-18,21H,1,10-16H2,2-4H3,(H2,23,24,28). The first-order valence-electron chi connectivity index (χ1n) is 10.3. The van der Waals surface area contributed by atoms with Crippen LogP contribution in [-0.2, 0) is 0 Å². The third-order valence-electron chi connectivity index (χ3n) is 6.14. The van der Waals surface area contributed by atoms with E-state index in [0.29, 0.717) is 11.2 Å². The summed E-state index contributed by atoms with van der Waals surface area (Å²) in [6, 6.07) is 8.93. The van der Waals surface area contributed by atoms with Gasteiger partial charge in [0, 0.05) is 57.7 Å².